The van der Waals surface area contributed by atoms with Gasteiger partial charge in [-0.25, -0.2) is 9.97 Å². The number of anilines is 1. The number of aryl methyl sites for hydroxylation is 2. The maximum absolute atomic E-state index is 12.8. The number of hydrogen-bond acceptors (Lipinski definition) is 4. The van der Waals surface area contributed by atoms with E-state index < -0.39 is 5.41 Å². The summed E-state index contributed by atoms with van der Waals surface area (Å²) >= 11 is 6.01. The van der Waals surface area contributed by atoms with Gasteiger partial charge in [-0.05, 0) is 32.8 Å². The molecule has 0 bridgehead atoms. The summed E-state index contributed by atoms with van der Waals surface area (Å²) in [6.07, 6.45) is 1.69. The smallest absolute Gasteiger partial charge is 0.229 e. The highest BCUT2D eigenvalue weighted by Crippen LogP contribution is 2.27. The van der Waals surface area contributed by atoms with Crippen LogP contribution < -0.4 is 4.90 Å². The topological polar surface area (TPSA) is 49.3 Å². The minimum absolute atomic E-state index is 0.129. The fourth-order valence-corrected chi connectivity index (χ4v) is 3.89. The van der Waals surface area contributed by atoms with Crippen LogP contribution in [-0.4, -0.2) is 52.8 Å². The lowest BCUT2D eigenvalue weighted by molar-refractivity contribution is -0.139. The Morgan fingerprint density at radius 2 is 1.76 bits per heavy atom. The molecule has 2 heterocycles. The van der Waals surface area contributed by atoms with Gasteiger partial charge in [0, 0.05) is 49.7 Å². The highest BCUT2D eigenvalue weighted by atomic mass is 35.5. The Hall–Kier alpha value is -2.14. The van der Waals surface area contributed by atoms with E-state index in [0.29, 0.717) is 19.0 Å². The second kappa shape index (κ2) is 9.12. The van der Waals surface area contributed by atoms with Gasteiger partial charge in [0.1, 0.15) is 11.6 Å². The van der Waals surface area contributed by atoms with Crippen LogP contribution in [0.15, 0.2) is 30.3 Å². The van der Waals surface area contributed by atoms with E-state index in [9.17, 15) is 4.79 Å². The van der Waals surface area contributed by atoms with Crippen molar-refractivity contribution in [3.05, 3.63) is 53.0 Å². The zero-order chi connectivity index (χ0) is 21.0. The summed E-state index contributed by atoms with van der Waals surface area (Å²) in [4.78, 5) is 26.5. The van der Waals surface area contributed by atoms with Gasteiger partial charge >= 0.3 is 0 Å². The quantitative estimate of drug-likeness (QED) is 0.673. The molecule has 0 atom stereocenters. The van der Waals surface area contributed by atoms with E-state index in [2.05, 4.69) is 36.1 Å². The largest absolute Gasteiger partial charge is 0.353 e. The summed E-state index contributed by atoms with van der Waals surface area (Å²) in [6.45, 7) is 10.8. The molecule has 0 aliphatic carbocycles. The van der Waals surface area contributed by atoms with Crippen molar-refractivity contribution in [1.82, 2.24) is 14.9 Å². The molecule has 5 nitrogen and oxygen atoms in total. The lowest BCUT2D eigenvalue weighted by atomic mass is 9.94. The fraction of sp³-hybridized carbons (Fsp3) is 0.522. The second-order valence-electron chi connectivity index (χ2n) is 8.33. The summed E-state index contributed by atoms with van der Waals surface area (Å²) in [6, 6.07) is 10.5. The van der Waals surface area contributed by atoms with Gasteiger partial charge in [-0.3, -0.25) is 4.79 Å². The van der Waals surface area contributed by atoms with Crippen LogP contribution in [0.3, 0.4) is 0 Å². The molecule has 0 saturated carbocycles. The fourth-order valence-electron chi connectivity index (χ4n) is 3.78. The highest BCUT2D eigenvalue weighted by molar-refractivity contribution is 6.19. The number of benzene rings is 1. The van der Waals surface area contributed by atoms with Crippen molar-refractivity contribution in [2.75, 3.05) is 37.0 Å². The first kappa shape index (κ1) is 21.6. The molecule has 1 aromatic heterocycles. The minimum atomic E-state index is -0.525. The van der Waals surface area contributed by atoms with Gasteiger partial charge in [0.25, 0.3) is 0 Å². The molecule has 0 N–H and O–H groups in total. The van der Waals surface area contributed by atoms with Gasteiger partial charge in [-0.1, -0.05) is 37.3 Å². The first-order chi connectivity index (χ1) is 13.9. The lowest BCUT2D eigenvalue weighted by Gasteiger charge is -2.39. The van der Waals surface area contributed by atoms with Gasteiger partial charge in [-0.2, -0.15) is 0 Å². The van der Waals surface area contributed by atoms with Crippen LogP contribution in [0.1, 0.15) is 43.4 Å². The average molecular weight is 415 g/mol. The van der Waals surface area contributed by atoms with E-state index in [1.165, 1.54) is 11.1 Å². The Balaban J connectivity index is 1.84. The molecule has 0 spiro atoms. The highest BCUT2D eigenvalue weighted by Gasteiger charge is 2.33. The minimum Gasteiger partial charge on any atom is -0.353 e. The van der Waals surface area contributed by atoms with Crippen LogP contribution in [-0.2, 0) is 17.6 Å². The first-order valence-electron chi connectivity index (χ1n) is 10.4. The number of rotatable bonds is 6. The maximum atomic E-state index is 12.8. The second-order valence-corrected chi connectivity index (χ2v) is 8.60. The van der Waals surface area contributed by atoms with Crippen molar-refractivity contribution in [2.45, 2.75) is 40.5 Å². The summed E-state index contributed by atoms with van der Waals surface area (Å²) < 4.78 is 0. The molecule has 1 aliphatic heterocycles. The number of carbonyl (C=O) groups is 1. The van der Waals surface area contributed by atoms with E-state index in [-0.39, 0.29) is 5.91 Å². The van der Waals surface area contributed by atoms with E-state index in [0.717, 1.165) is 43.3 Å². The summed E-state index contributed by atoms with van der Waals surface area (Å²) in [5.41, 5.74) is 3.04. The van der Waals surface area contributed by atoms with Crippen molar-refractivity contribution in [3.8, 4) is 0 Å². The molecule has 29 heavy (non-hydrogen) atoms. The molecular weight excluding hydrogens is 384 g/mol. The summed E-state index contributed by atoms with van der Waals surface area (Å²) in [7, 11) is 0. The number of alkyl halides is 1. The molecule has 6 heteroatoms. The monoisotopic (exact) mass is 414 g/mol. The number of piperazine rings is 1. The number of hydrogen-bond donors (Lipinski definition) is 0. The van der Waals surface area contributed by atoms with Gasteiger partial charge in [-0.15, -0.1) is 11.6 Å². The molecule has 1 amide bonds. The standard InChI is InChI=1S/C23H31ClN4O/c1-5-20-19(15-18-9-7-6-8-10-18)21(26-17(2)25-20)27-11-13-28(14-12-27)22(29)23(3,4)16-24/h6-10H,5,11-16H2,1-4H3. The predicted octanol–water partition coefficient (Wildman–Crippen LogP) is 3.85. The third-order valence-corrected chi connectivity index (χ3v) is 6.19. The maximum Gasteiger partial charge on any atom is 0.229 e. The number of carbonyl (C=O) groups excluding carboxylic acids is 1. The van der Waals surface area contributed by atoms with Crippen LogP contribution >= 0.6 is 11.6 Å². The Morgan fingerprint density at radius 1 is 1.10 bits per heavy atom. The molecule has 0 unspecified atom stereocenters. The number of aromatic nitrogens is 2. The van der Waals surface area contributed by atoms with Crippen LogP contribution in [0, 0.1) is 12.3 Å². The number of nitrogens with zero attached hydrogens (tertiary/aromatic N) is 4. The van der Waals surface area contributed by atoms with Crippen LogP contribution in [0.4, 0.5) is 5.82 Å². The molecule has 1 aliphatic rings. The Kier molecular flexibility index (Phi) is 6.78. The molecular formula is C23H31ClN4O. The van der Waals surface area contributed by atoms with Crippen molar-refractivity contribution >= 4 is 23.3 Å². The molecule has 1 aromatic carbocycles. The Labute approximate surface area is 179 Å². The van der Waals surface area contributed by atoms with Crippen molar-refractivity contribution < 1.29 is 4.79 Å². The number of amides is 1. The van der Waals surface area contributed by atoms with Crippen LogP contribution in [0.5, 0.6) is 0 Å². The Bertz CT molecular complexity index is 845. The summed E-state index contributed by atoms with van der Waals surface area (Å²) in [5, 5.41) is 0. The zero-order valence-electron chi connectivity index (χ0n) is 17.9. The third-order valence-electron chi connectivity index (χ3n) is 5.52. The molecule has 3 rings (SSSR count). The zero-order valence-corrected chi connectivity index (χ0v) is 18.7. The van der Waals surface area contributed by atoms with Crippen LogP contribution in [0.25, 0.3) is 0 Å². The van der Waals surface area contributed by atoms with Gasteiger partial charge in [0.05, 0.1) is 5.41 Å². The van der Waals surface area contributed by atoms with E-state index in [4.69, 9.17) is 21.6 Å². The summed E-state index contributed by atoms with van der Waals surface area (Å²) in [5.74, 6) is 2.28. The van der Waals surface area contributed by atoms with Crippen molar-refractivity contribution in [2.24, 2.45) is 5.41 Å². The third kappa shape index (κ3) is 4.89. The predicted molar refractivity (Wildman–Crippen MR) is 119 cm³/mol. The van der Waals surface area contributed by atoms with E-state index >= 15 is 0 Å². The molecule has 2 aromatic rings. The molecule has 1 fully saturated rings. The number of halogens is 1. The normalized spacial score (nSPS) is 14.9. The van der Waals surface area contributed by atoms with E-state index in [1.54, 1.807) is 0 Å². The van der Waals surface area contributed by atoms with Crippen molar-refractivity contribution in [1.29, 1.82) is 0 Å². The molecule has 0 radical (unpaired) electrons. The lowest BCUT2D eigenvalue weighted by Crippen LogP contribution is -2.53. The van der Waals surface area contributed by atoms with Gasteiger partial charge < -0.3 is 9.80 Å². The van der Waals surface area contributed by atoms with Crippen LogP contribution in [0.2, 0.25) is 0 Å². The Morgan fingerprint density at radius 3 is 2.34 bits per heavy atom. The average Bonchev–Trinajstić information content (AvgIpc) is 2.75. The first-order valence-corrected chi connectivity index (χ1v) is 10.9. The molecule has 156 valence electrons. The van der Waals surface area contributed by atoms with Crippen molar-refractivity contribution in [3.63, 3.8) is 0 Å². The SMILES string of the molecule is CCc1nc(C)nc(N2CCN(C(=O)C(C)(C)CCl)CC2)c1Cc1ccccc1. The van der Waals surface area contributed by atoms with E-state index in [1.807, 2.05) is 31.7 Å². The molecule has 1 saturated heterocycles. The van der Waals surface area contributed by atoms with Gasteiger partial charge in [0.15, 0.2) is 0 Å². The van der Waals surface area contributed by atoms with Gasteiger partial charge in [0.2, 0.25) is 5.91 Å².